The fourth-order valence-corrected chi connectivity index (χ4v) is 5.21. The van der Waals surface area contributed by atoms with Crippen molar-refractivity contribution in [2.75, 3.05) is 5.32 Å². The van der Waals surface area contributed by atoms with Crippen LogP contribution in [0.3, 0.4) is 0 Å². The number of benzene rings is 2. The number of carbonyl (C=O) groups excluding carboxylic acids is 1. The molecular formula is C23H25Cl2NO2. The molecule has 1 saturated carbocycles. The molecule has 1 amide bonds. The second kappa shape index (κ2) is 8.34. The average Bonchev–Trinajstić information content (AvgIpc) is 3.07. The van der Waals surface area contributed by atoms with Gasteiger partial charge in [-0.2, -0.15) is 0 Å². The van der Waals surface area contributed by atoms with Crippen LogP contribution in [0.25, 0.3) is 0 Å². The lowest BCUT2D eigenvalue weighted by Crippen LogP contribution is -2.46. The molecule has 28 heavy (non-hydrogen) atoms. The van der Waals surface area contributed by atoms with Crippen LogP contribution in [-0.2, 0) is 10.2 Å². The fourth-order valence-electron chi connectivity index (χ4n) is 4.72. The van der Waals surface area contributed by atoms with Crippen molar-refractivity contribution < 1.29 is 9.53 Å². The van der Waals surface area contributed by atoms with E-state index in [1.165, 1.54) is 31.2 Å². The zero-order valence-corrected chi connectivity index (χ0v) is 17.4. The highest BCUT2D eigenvalue weighted by Crippen LogP contribution is 2.50. The van der Waals surface area contributed by atoms with Crippen molar-refractivity contribution in [1.29, 1.82) is 0 Å². The molecule has 1 aliphatic carbocycles. The molecule has 1 aliphatic heterocycles. The summed E-state index contributed by atoms with van der Waals surface area (Å²) in [7, 11) is 0. The zero-order chi connectivity index (χ0) is 19.6. The van der Waals surface area contributed by atoms with Crippen molar-refractivity contribution in [3.8, 4) is 5.75 Å². The molecule has 1 N–H and O–H groups in total. The predicted octanol–water partition coefficient (Wildman–Crippen LogP) is 6.77. The third-order valence-corrected chi connectivity index (χ3v) is 6.74. The SMILES string of the molecule is O=C(Nc1c(Cl)cccc1Cl)C1Oc2ccccc2C12CCCCCCCC2. The van der Waals surface area contributed by atoms with Gasteiger partial charge in [-0.15, -0.1) is 0 Å². The van der Waals surface area contributed by atoms with Gasteiger partial charge in [-0.3, -0.25) is 4.79 Å². The Bertz CT molecular complexity index is 837. The molecule has 1 heterocycles. The minimum absolute atomic E-state index is 0.176. The molecule has 2 aromatic carbocycles. The van der Waals surface area contributed by atoms with Gasteiger partial charge < -0.3 is 10.1 Å². The van der Waals surface area contributed by atoms with E-state index in [-0.39, 0.29) is 11.3 Å². The summed E-state index contributed by atoms with van der Waals surface area (Å²) in [4.78, 5) is 13.4. The van der Waals surface area contributed by atoms with Crippen LogP contribution >= 0.6 is 23.2 Å². The van der Waals surface area contributed by atoms with E-state index in [2.05, 4.69) is 11.4 Å². The molecule has 1 spiro atoms. The maximum atomic E-state index is 13.4. The first-order valence-corrected chi connectivity index (χ1v) is 10.9. The highest BCUT2D eigenvalue weighted by Gasteiger charge is 2.51. The summed E-state index contributed by atoms with van der Waals surface area (Å²) in [5.74, 6) is 0.651. The number of hydrogen-bond donors (Lipinski definition) is 1. The number of rotatable bonds is 2. The molecule has 1 atom stereocenters. The van der Waals surface area contributed by atoms with Gasteiger partial charge >= 0.3 is 0 Å². The van der Waals surface area contributed by atoms with Gasteiger partial charge in [-0.1, -0.05) is 86.0 Å². The summed E-state index contributed by atoms with van der Waals surface area (Å²) in [5, 5.41) is 3.81. The maximum Gasteiger partial charge on any atom is 0.266 e. The Morgan fingerprint density at radius 2 is 1.50 bits per heavy atom. The van der Waals surface area contributed by atoms with Crippen molar-refractivity contribution in [2.45, 2.75) is 62.9 Å². The largest absolute Gasteiger partial charge is 0.479 e. The molecule has 2 aliphatic rings. The van der Waals surface area contributed by atoms with Crippen LogP contribution in [0.4, 0.5) is 5.69 Å². The van der Waals surface area contributed by atoms with E-state index in [0.29, 0.717) is 15.7 Å². The van der Waals surface area contributed by atoms with Crippen molar-refractivity contribution in [1.82, 2.24) is 0 Å². The summed E-state index contributed by atoms with van der Waals surface area (Å²) >= 11 is 12.6. The molecule has 2 aromatic rings. The maximum absolute atomic E-state index is 13.4. The van der Waals surface area contributed by atoms with Gasteiger partial charge in [-0.05, 0) is 31.0 Å². The number of amides is 1. The summed E-state index contributed by atoms with van der Waals surface area (Å²) in [6.45, 7) is 0. The first-order valence-electron chi connectivity index (χ1n) is 10.1. The van der Waals surface area contributed by atoms with Crippen LogP contribution in [0, 0.1) is 0 Å². The van der Waals surface area contributed by atoms with E-state index in [9.17, 15) is 4.79 Å². The minimum atomic E-state index is -0.574. The van der Waals surface area contributed by atoms with Gasteiger partial charge in [0, 0.05) is 11.0 Å². The number of ether oxygens (including phenoxy) is 1. The van der Waals surface area contributed by atoms with Gasteiger partial charge in [0.15, 0.2) is 6.10 Å². The fraction of sp³-hybridized carbons (Fsp3) is 0.435. The average molecular weight is 418 g/mol. The highest BCUT2D eigenvalue weighted by atomic mass is 35.5. The van der Waals surface area contributed by atoms with Crippen molar-refractivity contribution >= 4 is 34.8 Å². The second-order valence-corrected chi connectivity index (χ2v) is 8.67. The molecule has 0 radical (unpaired) electrons. The normalized spacial score (nSPS) is 21.1. The standard InChI is InChI=1S/C23H25Cl2NO2/c24-17-11-9-12-18(25)20(17)26-22(27)21-23(14-7-3-1-2-4-8-15-23)16-10-5-6-13-19(16)28-21/h5-6,9-13,21H,1-4,7-8,14-15H2,(H,26,27). The molecule has 3 nitrogen and oxygen atoms in total. The molecule has 1 fully saturated rings. The van der Waals surface area contributed by atoms with Crippen molar-refractivity contribution in [3.05, 3.63) is 58.1 Å². The van der Waals surface area contributed by atoms with Crippen LogP contribution in [0.5, 0.6) is 5.75 Å². The highest BCUT2D eigenvalue weighted by molar-refractivity contribution is 6.39. The zero-order valence-electron chi connectivity index (χ0n) is 15.8. The molecule has 0 bridgehead atoms. The second-order valence-electron chi connectivity index (χ2n) is 7.86. The predicted molar refractivity (Wildman–Crippen MR) is 115 cm³/mol. The summed E-state index contributed by atoms with van der Waals surface area (Å²) in [6.07, 6.45) is 8.49. The lowest BCUT2D eigenvalue weighted by Gasteiger charge is -2.34. The Labute approximate surface area is 176 Å². The number of nitrogens with one attached hydrogen (secondary N) is 1. The van der Waals surface area contributed by atoms with Crippen molar-refractivity contribution in [2.24, 2.45) is 0 Å². The Hall–Kier alpha value is -1.71. The molecule has 5 heteroatoms. The van der Waals surface area contributed by atoms with Gasteiger partial charge in [-0.25, -0.2) is 0 Å². The van der Waals surface area contributed by atoms with Crippen LogP contribution in [0.2, 0.25) is 10.0 Å². The van der Waals surface area contributed by atoms with Gasteiger partial charge in [0.05, 0.1) is 15.7 Å². The van der Waals surface area contributed by atoms with Crippen LogP contribution in [0.15, 0.2) is 42.5 Å². The lowest BCUT2D eigenvalue weighted by atomic mass is 9.70. The van der Waals surface area contributed by atoms with E-state index in [0.717, 1.165) is 31.4 Å². The van der Waals surface area contributed by atoms with E-state index < -0.39 is 6.10 Å². The van der Waals surface area contributed by atoms with Crippen LogP contribution < -0.4 is 10.1 Å². The number of fused-ring (bicyclic) bond motifs is 2. The Balaban J connectivity index is 1.69. The monoisotopic (exact) mass is 417 g/mol. The van der Waals surface area contributed by atoms with E-state index >= 15 is 0 Å². The number of hydrogen-bond acceptors (Lipinski definition) is 2. The smallest absolute Gasteiger partial charge is 0.266 e. The molecular weight excluding hydrogens is 393 g/mol. The number of carbonyl (C=O) groups is 1. The lowest BCUT2D eigenvalue weighted by molar-refractivity contribution is -0.125. The number of halogens is 2. The van der Waals surface area contributed by atoms with Crippen molar-refractivity contribution in [3.63, 3.8) is 0 Å². The minimum Gasteiger partial charge on any atom is -0.479 e. The van der Waals surface area contributed by atoms with E-state index in [1.54, 1.807) is 18.2 Å². The first-order chi connectivity index (χ1) is 13.6. The van der Waals surface area contributed by atoms with Crippen LogP contribution in [-0.4, -0.2) is 12.0 Å². The van der Waals surface area contributed by atoms with Gasteiger partial charge in [0.1, 0.15) is 5.75 Å². The number of anilines is 1. The molecule has 4 rings (SSSR count). The molecule has 0 saturated heterocycles. The summed E-state index contributed by atoms with van der Waals surface area (Å²) in [5.41, 5.74) is 1.33. The Morgan fingerprint density at radius 3 is 2.18 bits per heavy atom. The molecule has 148 valence electrons. The topological polar surface area (TPSA) is 38.3 Å². The number of para-hydroxylation sites is 2. The van der Waals surface area contributed by atoms with Crippen LogP contribution in [0.1, 0.15) is 56.9 Å². The van der Waals surface area contributed by atoms with E-state index in [1.807, 2.05) is 18.2 Å². The van der Waals surface area contributed by atoms with Gasteiger partial charge in [0.2, 0.25) is 0 Å². The molecule has 1 unspecified atom stereocenters. The third kappa shape index (κ3) is 3.62. The van der Waals surface area contributed by atoms with E-state index in [4.69, 9.17) is 27.9 Å². The summed E-state index contributed by atoms with van der Waals surface area (Å²) in [6, 6.07) is 13.3. The Morgan fingerprint density at radius 1 is 0.893 bits per heavy atom. The van der Waals surface area contributed by atoms with Gasteiger partial charge in [0.25, 0.3) is 5.91 Å². The molecule has 0 aromatic heterocycles. The quantitative estimate of drug-likeness (QED) is 0.585. The first kappa shape index (κ1) is 19.6. The summed E-state index contributed by atoms with van der Waals surface area (Å²) < 4.78 is 6.25. The Kier molecular flexibility index (Phi) is 5.84. The third-order valence-electron chi connectivity index (χ3n) is 6.12.